The van der Waals surface area contributed by atoms with Gasteiger partial charge in [0, 0.05) is 16.5 Å². The van der Waals surface area contributed by atoms with Gasteiger partial charge in [0.05, 0.1) is 0 Å². The van der Waals surface area contributed by atoms with E-state index in [1.165, 1.54) is 10.8 Å². The molecule has 0 amide bonds. The number of carboxylic acids is 1. The summed E-state index contributed by atoms with van der Waals surface area (Å²) in [6, 6.07) is 1.57. The maximum absolute atomic E-state index is 10.6. The van der Waals surface area contributed by atoms with Crippen LogP contribution < -0.4 is 5.73 Å². The molecular weight excluding hydrogens is 226 g/mol. The van der Waals surface area contributed by atoms with Gasteiger partial charge in [-0.1, -0.05) is 0 Å². The van der Waals surface area contributed by atoms with Crippen molar-refractivity contribution in [2.75, 3.05) is 5.73 Å². The molecule has 17 heavy (non-hydrogen) atoms. The smallest absolute Gasteiger partial charge is 0.323 e. The van der Waals surface area contributed by atoms with Crippen molar-refractivity contribution in [2.24, 2.45) is 5.11 Å². The zero-order valence-electron chi connectivity index (χ0n) is 8.48. The number of rotatable bonds is 3. The molecule has 3 N–H and O–H groups in total. The van der Waals surface area contributed by atoms with Gasteiger partial charge in [-0.15, -0.1) is 0 Å². The summed E-state index contributed by atoms with van der Waals surface area (Å²) in [4.78, 5) is 20.9. The van der Waals surface area contributed by atoms with E-state index in [-0.39, 0.29) is 18.3 Å². The number of aliphatic carboxylic acids is 1. The summed E-state index contributed by atoms with van der Waals surface area (Å²) in [6.07, 6.45) is 1.52. The number of carbonyl (C=O) groups is 1. The Labute approximate surface area is 94.1 Å². The standard InChI is InChI=1S/C8H7N7O2/c9-8-11-6(13-14-10)4-1-2-15(3-5(16)17)7(4)12-8/h1-2H,3H2,(H,16,17)(H2,9,11,12). The molecule has 9 nitrogen and oxygen atoms in total. The van der Waals surface area contributed by atoms with E-state index in [1.807, 2.05) is 0 Å². The summed E-state index contributed by atoms with van der Waals surface area (Å²) in [6.45, 7) is -0.254. The molecule has 0 saturated heterocycles. The minimum absolute atomic E-state index is 0.0785. The highest BCUT2D eigenvalue weighted by Gasteiger charge is 2.11. The normalized spacial score (nSPS) is 10.1. The number of hydrogen-bond donors (Lipinski definition) is 2. The first-order chi connectivity index (χ1) is 8.11. The number of anilines is 1. The highest BCUT2D eigenvalue weighted by molar-refractivity contribution is 5.87. The van der Waals surface area contributed by atoms with E-state index >= 15 is 0 Å². The Bertz CT molecular complexity index is 641. The Hall–Kier alpha value is -2.80. The average molecular weight is 233 g/mol. The molecule has 0 aliphatic rings. The molecule has 2 heterocycles. The molecule has 0 atom stereocenters. The number of aromatic nitrogens is 3. The molecule has 0 bridgehead atoms. The second kappa shape index (κ2) is 3.99. The number of nitrogens with two attached hydrogens (primary N) is 1. The zero-order chi connectivity index (χ0) is 12.4. The van der Waals surface area contributed by atoms with Gasteiger partial charge in [0.1, 0.15) is 18.0 Å². The van der Waals surface area contributed by atoms with E-state index < -0.39 is 5.97 Å². The highest BCUT2D eigenvalue weighted by atomic mass is 16.4. The lowest BCUT2D eigenvalue weighted by Crippen LogP contribution is -2.08. The molecule has 0 aromatic carbocycles. The molecule has 0 aliphatic heterocycles. The van der Waals surface area contributed by atoms with Crippen LogP contribution in [0.3, 0.4) is 0 Å². The van der Waals surface area contributed by atoms with Crippen molar-refractivity contribution in [3.05, 3.63) is 22.7 Å². The molecule has 0 fully saturated rings. The molecular formula is C8H7N7O2. The molecule has 2 aromatic heterocycles. The molecule has 86 valence electrons. The van der Waals surface area contributed by atoms with Crippen LogP contribution in [-0.4, -0.2) is 25.6 Å². The van der Waals surface area contributed by atoms with Crippen LogP contribution in [0.4, 0.5) is 11.8 Å². The first kappa shape index (κ1) is 10.7. The van der Waals surface area contributed by atoms with Gasteiger partial charge < -0.3 is 15.4 Å². The van der Waals surface area contributed by atoms with Gasteiger partial charge in [-0.05, 0) is 16.7 Å². The topological polar surface area (TPSA) is 143 Å². The van der Waals surface area contributed by atoms with Crippen LogP contribution in [0.25, 0.3) is 21.5 Å². The van der Waals surface area contributed by atoms with Gasteiger partial charge in [-0.3, -0.25) is 4.79 Å². The molecule has 0 spiro atoms. The molecule has 0 radical (unpaired) electrons. The zero-order valence-corrected chi connectivity index (χ0v) is 8.48. The first-order valence-corrected chi connectivity index (χ1v) is 4.51. The van der Waals surface area contributed by atoms with Crippen LogP contribution in [-0.2, 0) is 11.3 Å². The fourth-order valence-electron chi connectivity index (χ4n) is 1.46. The van der Waals surface area contributed by atoms with E-state index in [4.69, 9.17) is 16.4 Å². The fourth-order valence-corrected chi connectivity index (χ4v) is 1.46. The molecule has 0 saturated carbocycles. The van der Waals surface area contributed by atoms with Crippen LogP contribution in [0.1, 0.15) is 0 Å². The van der Waals surface area contributed by atoms with Crippen LogP contribution in [0, 0.1) is 0 Å². The van der Waals surface area contributed by atoms with E-state index in [9.17, 15) is 4.79 Å². The van der Waals surface area contributed by atoms with E-state index in [2.05, 4.69) is 20.0 Å². The van der Waals surface area contributed by atoms with Crippen molar-refractivity contribution >= 4 is 28.8 Å². The Morgan fingerprint density at radius 1 is 1.65 bits per heavy atom. The summed E-state index contributed by atoms with van der Waals surface area (Å²) in [5.74, 6) is -1.01. The Balaban J connectivity index is 2.68. The quantitative estimate of drug-likeness (QED) is 0.462. The van der Waals surface area contributed by atoms with Gasteiger partial charge in [-0.25, -0.2) is 4.98 Å². The Kier molecular flexibility index (Phi) is 2.51. The fraction of sp³-hybridized carbons (Fsp3) is 0.125. The number of fused-ring (bicyclic) bond motifs is 1. The van der Waals surface area contributed by atoms with Crippen molar-refractivity contribution in [3.63, 3.8) is 0 Å². The SMILES string of the molecule is [N-]=[N+]=Nc1nc(N)nc2c1ccn2CC(=O)O. The predicted molar refractivity (Wildman–Crippen MR) is 58.4 cm³/mol. The van der Waals surface area contributed by atoms with Crippen LogP contribution in [0.15, 0.2) is 17.4 Å². The minimum Gasteiger partial charge on any atom is -0.480 e. The summed E-state index contributed by atoms with van der Waals surface area (Å²) in [5, 5.41) is 12.5. The second-order valence-electron chi connectivity index (χ2n) is 3.17. The lowest BCUT2D eigenvalue weighted by molar-refractivity contribution is -0.137. The van der Waals surface area contributed by atoms with Crippen molar-refractivity contribution < 1.29 is 9.90 Å². The lowest BCUT2D eigenvalue weighted by Gasteiger charge is -2.02. The minimum atomic E-state index is -1.01. The van der Waals surface area contributed by atoms with Crippen LogP contribution >= 0.6 is 0 Å². The van der Waals surface area contributed by atoms with Crippen molar-refractivity contribution in [1.29, 1.82) is 0 Å². The van der Waals surface area contributed by atoms with E-state index in [0.29, 0.717) is 11.0 Å². The van der Waals surface area contributed by atoms with Crippen molar-refractivity contribution in [2.45, 2.75) is 6.54 Å². The third kappa shape index (κ3) is 1.94. The second-order valence-corrected chi connectivity index (χ2v) is 3.17. The summed E-state index contributed by atoms with van der Waals surface area (Å²) >= 11 is 0. The highest BCUT2D eigenvalue weighted by Crippen LogP contribution is 2.24. The first-order valence-electron chi connectivity index (χ1n) is 4.51. The molecule has 0 unspecified atom stereocenters. The summed E-state index contributed by atoms with van der Waals surface area (Å²) < 4.78 is 1.38. The number of azide groups is 1. The van der Waals surface area contributed by atoms with Crippen LogP contribution in [0.5, 0.6) is 0 Å². The maximum Gasteiger partial charge on any atom is 0.323 e. The third-order valence-electron chi connectivity index (χ3n) is 2.06. The van der Waals surface area contributed by atoms with Gasteiger partial charge in [0.25, 0.3) is 0 Å². The predicted octanol–water partition coefficient (Wildman–Crippen LogP) is 1.04. The van der Waals surface area contributed by atoms with Crippen molar-refractivity contribution in [3.8, 4) is 0 Å². The van der Waals surface area contributed by atoms with Gasteiger partial charge in [-0.2, -0.15) is 4.98 Å². The van der Waals surface area contributed by atoms with Crippen molar-refractivity contribution in [1.82, 2.24) is 14.5 Å². The number of nitrogen functional groups attached to an aromatic ring is 1. The molecule has 2 aromatic rings. The molecule has 9 heteroatoms. The van der Waals surface area contributed by atoms with E-state index in [0.717, 1.165) is 0 Å². The average Bonchev–Trinajstić information content (AvgIpc) is 2.61. The lowest BCUT2D eigenvalue weighted by atomic mass is 10.4. The Morgan fingerprint density at radius 2 is 2.41 bits per heavy atom. The number of hydrogen-bond acceptors (Lipinski definition) is 5. The third-order valence-corrected chi connectivity index (χ3v) is 2.06. The van der Waals surface area contributed by atoms with Gasteiger partial charge in [0.15, 0.2) is 0 Å². The molecule has 0 aliphatic carbocycles. The monoisotopic (exact) mass is 233 g/mol. The Morgan fingerprint density at radius 3 is 3.06 bits per heavy atom. The number of nitrogens with zero attached hydrogens (tertiary/aromatic N) is 6. The maximum atomic E-state index is 10.6. The molecule has 2 rings (SSSR count). The van der Waals surface area contributed by atoms with Crippen LogP contribution in [0.2, 0.25) is 0 Å². The van der Waals surface area contributed by atoms with Gasteiger partial charge in [0.2, 0.25) is 5.95 Å². The van der Waals surface area contributed by atoms with E-state index in [1.54, 1.807) is 6.07 Å². The number of carboxylic acid groups (broad SMARTS) is 1. The summed E-state index contributed by atoms with van der Waals surface area (Å²) in [5.41, 5.74) is 14.1. The largest absolute Gasteiger partial charge is 0.480 e. The van der Waals surface area contributed by atoms with Gasteiger partial charge >= 0.3 is 5.97 Å². The summed E-state index contributed by atoms with van der Waals surface area (Å²) in [7, 11) is 0.